The summed E-state index contributed by atoms with van der Waals surface area (Å²) in [6, 6.07) is 18.3. The molecule has 136 valence electrons. The van der Waals surface area contributed by atoms with E-state index in [1.54, 1.807) is 24.3 Å². The second-order valence-electron chi connectivity index (χ2n) is 5.78. The molecule has 0 atom stereocenters. The zero-order chi connectivity index (χ0) is 19.1. The third-order valence-electron chi connectivity index (χ3n) is 3.72. The van der Waals surface area contributed by atoms with Crippen LogP contribution in [0, 0.1) is 0 Å². The standard InChI is InChI=1S/C20H18N4O3/c21-19(25)13-27-17-8-4-5-14(9-17)11-22-20(26)16-10-18(24-23-12-16)15-6-2-1-3-7-15/h1-10,12H,11,13H2,(H2,21,25)(H,22,26). The first-order valence-corrected chi connectivity index (χ1v) is 8.28. The van der Waals surface area contributed by atoms with Crippen molar-refractivity contribution in [1.82, 2.24) is 15.5 Å². The Morgan fingerprint density at radius 2 is 1.85 bits per heavy atom. The molecule has 2 amide bonds. The van der Waals surface area contributed by atoms with Crippen LogP contribution in [0.1, 0.15) is 15.9 Å². The maximum Gasteiger partial charge on any atom is 0.255 e. The van der Waals surface area contributed by atoms with E-state index in [0.717, 1.165) is 11.1 Å². The van der Waals surface area contributed by atoms with Gasteiger partial charge in [-0.05, 0) is 23.8 Å². The zero-order valence-corrected chi connectivity index (χ0v) is 14.5. The third-order valence-corrected chi connectivity index (χ3v) is 3.72. The first-order chi connectivity index (χ1) is 13.1. The Labute approximate surface area is 156 Å². The van der Waals surface area contributed by atoms with Gasteiger partial charge >= 0.3 is 0 Å². The molecule has 3 aromatic rings. The molecule has 0 spiro atoms. The molecule has 1 aromatic heterocycles. The monoisotopic (exact) mass is 362 g/mol. The second-order valence-corrected chi connectivity index (χ2v) is 5.78. The SMILES string of the molecule is NC(=O)COc1cccc(CNC(=O)c2cnnc(-c3ccccc3)c2)c1. The van der Waals surface area contributed by atoms with Crippen LogP contribution in [0.5, 0.6) is 5.75 Å². The molecule has 0 aliphatic heterocycles. The fourth-order valence-corrected chi connectivity index (χ4v) is 2.42. The van der Waals surface area contributed by atoms with Gasteiger partial charge in [-0.15, -0.1) is 0 Å². The van der Waals surface area contributed by atoms with Crippen molar-refractivity contribution in [1.29, 1.82) is 0 Å². The van der Waals surface area contributed by atoms with E-state index in [9.17, 15) is 9.59 Å². The van der Waals surface area contributed by atoms with Gasteiger partial charge in [0.1, 0.15) is 5.75 Å². The lowest BCUT2D eigenvalue weighted by Gasteiger charge is -2.08. The Hall–Kier alpha value is -3.74. The lowest BCUT2D eigenvalue weighted by molar-refractivity contribution is -0.119. The third kappa shape index (κ3) is 5.12. The number of hydrogen-bond donors (Lipinski definition) is 2. The summed E-state index contributed by atoms with van der Waals surface area (Å²) in [7, 11) is 0. The van der Waals surface area contributed by atoms with E-state index in [2.05, 4.69) is 15.5 Å². The first kappa shape index (κ1) is 18.1. The van der Waals surface area contributed by atoms with Crippen molar-refractivity contribution in [3.8, 4) is 17.0 Å². The van der Waals surface area contributed by atoms with E-state index in [1.807, 2.05) is 36.4 Å². The van der Waals surface area contributed by atoms with Gasteiger partial charge in [0.25, 0.3) is 11.8 Å². The molecule has 3 N–H and O–H groups in total. The highest BCUT2D eigenvalue weighted by Crippen LogP contribution is 2.17. The van der Waals surface area contributed by atoms with Gasteiger partial charge in [0.05, 0.1) is 17.5 Å². The molecule has 0 bridgehead atoms. The van der Waals surface area contributed by atoms with Crippen LogP contribution in [0.25, 0.3) is 11.3 Å². The number of amides is 2. The molecule has 0 saturated heterocycles. The molecule has 0 unspecified atom stereocenters. The van der Waals surface area contributed by atoms with Crippen molar-refractivity contribution in [3.63, 3.8) is 0 Å². The summed E-state index contributed by atoms with van der Waals surface area (Å²) in [4.78, 5) is 23.2. The molecule has 3 rings (SSSR count). The van der Waals surface area contributed by atoms with E-state index in [-0.39, 0.29) is 12.5 Å². The highest BCUT2D eigenvalue weighted by molar-refractivity contribution is 5.94. The van der Waals surface area contributed by atoms with Gasteiger partial charge in [-0.1, -0.05) is 42.5 Å². The number of primary amides is 1. The second kappa shape index (κ2) is 8.57. The summed E-state index contributed by atoms with van der Waals surface area (Å²) in [6.07, 6.45) is 1.42. The average Bonchev–Trinajstić information content (AvgIpc) is 2.71. The average molecular weight is 362 g/mol. The first-order valence-electron chi connectivity index (χ1n) is 8.28. The zero-order valence-electron chi connectivity index (χ0n) is 14.5. The summed E-state index contributed by atoms with van der Waals surface area (Å²) < 4.78 is 5.26. The van der Waals surface area contributed by atoms with Crippen LogP contribution >= 0.6 is 0 Å². The van der Waals surface area contributed by atoms with Crippen molar-refractivity contribution in [3.05, 3.63) is 78.0 Å². The molecule has 0 fully saturated rings. The molecular formula is C20H18N4O3. The largest absolute Gasteiger partial charge is 0.484 e. The van der Waals surface area contributed by atoms with Crippen LogP contribution in [0.3, 0.4) is 0 Å². The van der Waals surface area contributed by atoms with E-state index in [0.29, 0.717) is 23.6 Å². The number of rotatable bonds is 7. The van der Waals surface area contributed by atoms with Gasteiger partial charge < -0.3 is 15.8 Å². The number of carbonyl (C=O) groups is 2. The number of carbonyl (C=O) groups excluding carboxylic acids is 2. The number of hydrogen-bond acceptors (Lipinski definition) is 5. The van der Waals surface area contributed by atoms with Crippen molar-refractivity contribution in [2.75, 3.05) is 6.61 Å². The number of aromatic nitrogens is 2. The van der Waals surface area contributed by atoms with Crippen molar-refractivity contribution < 1.29 is 14.3 Å². The topological polar surface area (TPSA) is 107 Å². The lowest BCUT2D eigenvalue weighted by Crippen LogP contribution is -2.23. The minimum atomic E-state index is -0.548. The van der Waals surface area contributed by atoms with E-state index < -0.39 is 5.91 Å². The fourth-order valence-electron chi connectivity index (χ4n) is 2.42. The molecule has 1 heterocycles. The molecule has 0 aliphatic rings. The van der Waals surface area contributed by atoms with Crippen molar-refractivity contribution >= 4 is 11.8 Å². The highest BCUT2D eigenvalue weighted by atomic mass is 16.5. The summed E-state index contributed by atoms with van der Waals surface area (Å²) >= 11 is 0. The minimum absolute atomic E-state index is 0.194. The van der Waals surface area contributed by atoms with Crippen LogP contribution in [0.2, 0.25) is 0 Å². The predicted octanol–water partition coefficient (Wildman–Crippen LogP) is 1.94. The summed E-state index contributed by atoms with van der Waals surface area (Å²) in [5.74, 6) is -0.295. The Balaban J connectivity index is 1.64. The van der Waals surface area contributed by atoms with Gasteiger partial charge in [-0.2, -0.15) is 10.2 Å². The van der Waals surface area contributed by atoms with Gasteiger partial charge in [0.2, 0.25) is 0 Å². The number of nitrogens with one attached hydrogen (secondary N) is 1. The van der Waals surface area contributed by atoms with E-state index in [4.69, 9.17) is 10.5 Å². The summed E-state index contributed by atoms with van der Waals surface area (Å²) in [5.41, 5.74) is 7.83. The van der Waals surface area contributed by atoms with E-state index >= 15 is 0 Å². The van der Waals surface area contributed by atoms with Gasteiger partial charge in [-0.3, -0.25) is 9.59 Å². The Bertz CT molecular complexity index is 945. The number of nitrogens with two attached hydrogens (primary N) is 1. The van der Waals surface area contributed by atoms with Crippen LogP contribution in [0.4, 0.5) is 0 Å². The number of benzene rings is 2. The molecule has 7 heteroatoms. The number of nitrogens with zero attached hydrogens (tertiary/aromatic N) is 2. The van der Waals surface area contributed by atoms with Crippen LogP contribution < -0.4 is 15.8 Å². The Kier molecular flexibility index (Phi) is 5.73. The van der Waals surface area contributed by atoms with E-state index in [1.165, 1.54) is 6.20 Å². The summed E-state index contributed by atoms with van der Waals surface area (Å²) in [6.45, 7) is 0.107. The maximum absolute atomic E-state index is 12.4. The highest BCUT2D eigenvalue weighted by Gasteiger charge is 2.09. The maximum atomic E-state index is 12.4. The molecule has 2 aromatic carbocycles. The Morgan fingerprint density at radius 1 is 1.04 bits per heavy atom. The molecule has 0 radical (unpaired) electrons. The Morgan fingerprint density at radius 3 is 2.63 bits per heavy atom. The molecule has 7 nitrogen and oxygen atoms in total. The minimum Gasteiger partial charge on any atom is -0.484 e. The lowest BCUT2D eigenvalue weighted by atomic mass is 10.1. The molecular weight excluding hydrogens is 344 g/mol. The quantitative estimate of drug-likeness (QED) is 0.668. The summed E-state index contributed by atoms with van der Waals surface area (Å²) in [5, 5.41) is 10.8. The van der Waals surface area contributed by atoms with Crippen LogP contribution in [-0.4, -0.2) is 28.6 Å². The predicted molar refractivity (Wildman–Crippen MR) is 99.8 cm³/mol. The van der Waals surface area contributed by atoms with Crippen molar-refractivity contribution in [2.24, 2.45) is 5.73 Å². The van der Waals surface area contributed by atoms with Gasteiger partial charge in [0, 0.05) is 12.1 Å². The molecule has 0 aliphatic carbocycles. The normalized spacial score (nSPS) is 10.2. The van der Waals surface area contributed by atoms with Crippen molar-refractivity contribution in [2.45, 2.75) is 6.54 Å². The fraction of sp³-hybridized carbons (Fsp3) is 0.100. The van der Waals surface area contributed by atoms with Crippen LogP contribution in [0.15, 0.2) is 66.9 Å². The van der Waals surface area contributed by atoms with Gasteiger partial charge in [0.15, 0.2) is 6.61 Å². The van der Waals surface area contributed by atoms with Gasteiger partial charge in [-0.25, -0.2) is 0 Å². The smallest absolute Gasteiger partial charge is 0.255 e. The molecule has 0 saturated carbocycles. The molecule has 27 heavy (non-hydrogen) atoms. The number of ether oxygens (including phenoxy) is 1. The van der Waals surface area contributed by atoms with Crippen LogP contribution in [-0.2, 0) is 11.3 Å².